The SMILES string of the molecule is CN(C)c1nc(N)c(C(=O)NC2(C(F)(F)F)CC2)s1. The highest BCUT2D eigenvalue weighted by Gasteiger charge is 2.64. The maximum atomic E-state index is 12.7. The second-order valence-electron chi connectivity index (χ2n) is 4.64. The first kappa shape index (κ1) is 13.9. The number of hydrogen-bond donors (Lipinski definition) is 2. The lowest BCUT2D eigenvalue weighted by Crippen LogP contribution is -2.47. The smallest absolute Gasteiger partial charge is 0.382 e. The molecule has 0 saturated heterocycles. The number of rotatable bonds is 3. The Hall–Kier alpha value is -1.51. The fourth-order valence-electron chi connectivity index (χ4n) is 1.55. The molecule has 0 unspecified atom stereocenters. The minimum Gasteiger partial charge on any atom is -0.382 e. The van der Waals surface area contributed by atoms with Crippen molar-refractivity contribution < 1.29 is 18.0 Å². The maximum Gasteiger partial charge on any atom is 0.411 e. The van der Waals surface area contributed by atoms with Crippen LogP contribution in [0, 0.1) is 0 Å². The van der Waals surface area contributed by atoms with Gasteiger partial charge in [-0.3, -0.25) is 4.79 Å². The van der Waals surface area contributed by atoms with Crippen molar-refractivity contribution in [1.29, 1.82) is 0 Å². The summed E-state index contributed by atoms with van der Waals surface area (Å²) >= 11 is 0.965. The van der Waals surface area contributed by atoms with Crippen molar-refractivity contribution in [3.05, 3.63) is 4.88 Å². The quantitative estimate of drug-likeness (QED) is 0.888. The zero-order valence-corrected chi connectivity index (χ0v) is 11.2. The number of hydrogen-bond acceptors (Lipinski definition) is 5. The number of carbonyl (C=O) groups is 1. The van der Waals surface area contributed by atoms with Gasteiger partial charge in [-0.1, -0.05) is 11.3 Å². The highest BCUT2D eigenvalue weighted by Crippen LogP contribution is 2.49. The van der Waals surface area contributed by atoms with Crippen LogP contribution in [-0.4, -0.2) is 36.7 Å². The number of halogens is 3. The molecule has 106 valence electrons. The first-order valence-corrected chi connectivity index (χ1v) is 6.31. The van der Waals surface area contributed by atoms with E-state index in [1.807, 2.05) is 5.32 Å². The van der Waals surface area contributed by atoms with Crippen LogP contribution in [0.5, 0.6) is 0 Å². The Morgan fingerprint density at radius 1 is 1.47 bits per heavy atom. The molecular weight excluding hydrogens is 281 g/mol. The fraction of sp³-hybridized carbons (Fsp3) is 0.600. The number of nitrogens with zero attached hydrogens (tertiary/aromatic N) is 2. The van der Waals surface area contributed by atoms with Crippen LogP contribution >= 0.6 is 11.3 Å². The molecule has 1 aliphatic rings. The van der Waals surface area contributed by atoms with Gasteiger partial charge in [-0.2, -0.15) is 13.2 Å². The number of thiazole rings is 1. The van der Waals surface area contributed by atoms with Gasteiger partial charge in [0.05, 0.1) is 0 Å². The van der Waals surface area contributed by atoms with Crippen LogP contribution in [0.1, 0.15) is 22.5 Å². The van der Waals surface area contributed by atoms with Crippen molar-refractivity contribution >= 4 is 28.2 Å². The molecule has 0 spiro atoms. The first-order chi connectivity index (χ1) is 8.66. The molecule has 1 heterocycles. The summed E-state index contributed by atoms with van der Waals surface area (Å²) in [6.45, 7) is 0. The Labute approximate surface area is 111 Å². The van der Waals surface area contributed by atoms with Gasteiger partial charge in [0.1, 0.15) is 16.2 Å². The van der Waals surface area contributed by atoms with Crippen LogP contribution in [-0.2, 0) is 0 Å². The molecule has 0 aliphatic heterocycles. The Bertz CT molecular complexity index is 507. The molecule has 1 fully saturated rings. The van der Waals surface area contributed by atoms with Gasteiger partial charge in [-0.15, -0.1) is 0 Å². The average Bonchev–Trinajstić information content (AvgIpc) is 2.93. The Balaban J connectivity index is 2.17. The Kier molecular flexibility index (Phi) is 3.12. The van der Waals surface area contributed by atoms with Gasteiger partial charge in [-0.25, -0.2) is 4.98 Å². The molecule has 2 rings (SSSR count). The Morgan fingerprint density at radius 3 is 2.42 bits per heavy atom. The number of alkyl halides is 3. The molecule has 5 nitrogen and oxygen atoms in total. The summed E-state index contributed by atoms with van der Waals surface area (Å²) in [6.07, 6.45) is -4.63. The third kappa shape index (κ3) is 2.46. The number of nitrogen functional groups attached to an aromatic ring is 1. The fourth-order valence-corrected chi connectivity index (χ4v) is 2.36. The summed E-state index contributed by atoms with van der Waals surface area (Å²) in [5.74, 6) is -0.873. The molecular formula is C10H13F3N4OS. The number of anilines is 2. The van der Waals surface area contributed by atoms with Crippen molar-refractivity contribution in [3.63, 3.8) is 0 Å². The van der Waals surface area contributed by atoms with Crippen molar-refractivity contribution in [1.82, 2.24) is 10.3 Å². The van der Waals surface area contributed by atoms with Crippen LogP contribution in [0.2, 0.25) is 0 Å². The van der Waals surface area contributed by atoms with E-state index in [1.54, 1.807) is 19.0 Å². The van der Waals surface area contributed by atoms with E-state index in [9.17, 15) is 18.0 Å². The average molecular weight is 294 g/mol. The summed E-state index contributed by atoms with van der Waals surface area (Å²) in [4.78, 5) is 17.4. The number of nitrogens with one attached hydrogen (secondary N) is 1. The predicted molar refractivity (Wildman–Crippen MR) is 66.3 cm³/mol. The summed E-state index contributed by atoms with van der Waals surface area (Å²) < 4.78 is 38.2. The third-order valence-electron chi connectivity index (χ3n) is 2.88. The molecule has 0 aromatic carbocycles. The van der Waals surface area contributed by atoms with Crippen molar-refractivity contribution in [2.75, 3.05) is 24.7 Å². The van der Waals surface area contributed by atoms with Crippen LogP contribution in [0.15, 0.2) is 0 Å². The monoisotopic (exact) mass is 294 g/mol. The summed E-state index contributed by atoms with van der Waals surface area (Å²) in [7, 11) is 3.41. The van der Waals surface area contributed by atoms with Gasteiger partial charge in [0.15, 0.2) is 5.13 Å². The molecule has 1 aromatic heterocycles. The molecule has 1 aliphatic carbocycles. The number of nitrogens with two attached hydrogens (primary N) is 1. The van der Waals surface area contributed by atoms with E-state index >= 15 is 0 Å². The second-order valence-corrected chi connectivity index (χ2v) is 5.62. The number of amides is 1. The minimum absolute atomic E-state index is 0.0132. The van der Waals surface area contributed by atoms with Gasteiger partial charge in [-0.05, 0) is 12.8 Å². The summed E-state index contributed by atoms with van der Waals surface area (Å²) in [5, 5.41) is 2.50. The molecule has 0 radical (unpaired) electrons. The summed E-state index contributed by atoms with van der Waals surface area (Å²) in [6, 6.07) is 0. The van der Waals surface area contributed by atoms with Crippen molar-refractivity contribution in [3.8, 4) is 0 Å². The molecule has 1 aromatic rings. The number of carbonyl (C=O) groups excluding carboxylic acids is 1. The topological polar surface area (TPSA) is 71.2 Å². The molecule has 3 N–H and O–H groups in total. The van der Waals surface area contributed by atoms with E-state index in [4.69, 9.17) is 5.73 Å². The van der Waals surface area contributed by atoms with E-state index in [1.165, 1.54) is 0 Å². The van der Waals surface area contributed by atoms with Crippen LogP contribution in [0.25, 0.3) is 0 Å². The second kappa shape index (κ2) is 4.26. The van der Waals surface area contributed by atoms with Gasteiger partial charge >= 0.3 is 6.18 Å². The number of aromatic nitrogens is 1. The zero-order valence-electron chi connectivity index (χ0n) is 10.3. The standard InChI is InChI=1S/C10H13F3N4OS/c1-17(2)8-15-6(14)5(19-8)7(18)16-9(3-4-9)10(11,12)13/h3-4,14H2,1-2H3,(H,16,18). The first-order valence-electron chi connectivity index (χ1n) is 5.49. The molecule has 1 amide bonds. The molecule has 0 bridgehead atoms. The van der Waals surface area contributed by atoms with E-state index in [-0.39, 0.29) is 23.5 Å². The predicted octanol–water partition coefficient (Wildman–Crippen LogP) is 1.62. The lowest BCUT2D eigenvalue weighted by atomic mass is 10.2. The molecule has 0 atom stereocenters. The van der Waals surface area contributed by atoms with Gasteiger partial charge < -0.3 is 16.0 Å². The highest BCUT2D eigenvalue weighted by atomic mass is 32.1. The van der Waals surface area contributed by atoms with Crippen LogP contribution < -0.4 is 16.0 Å². The van der Waals surface area contributed by atoms with Gasteiger partial charge in [0.25, 0.3) is 5.91 Å². The lowest BCUT2D eigenvalue weighted by Gasteiger charge is -2.20. The van der Waals surface area contributed by atoms with Crippen LogP contribution in [0.4, 0.5) is 24.1 Å². The largest absolute Gasteiger partial charge is 0.411 e. The third-order valence-corrected chi connectivity index (χ3v) is 4.11. The lowest BCUT2D eigenvalue weighted by molar-refractivity contribution is -0.163. The van der Waals surface area contributed by atoms with Crippen molar-refractivity contribution in [2.24, 2.45) is 0 Å². The molecule has 1 saturated carbocycles. The maximum absolute atomic E-state index is 12.7. The van der Waals surface area contributed by atoms with E-state index in [2.05, 4.69) is 4.98 Å². The molecule has 19 heavy (non-hydrogen) atoms. The van der Waals surface area contributed by atoms with Gasteiger partial charge in [0, 0.05) is 14.1 Å². The Morgan fingerprint density at radius 2 is 2.05 bits per heavy atom. The summed E-state index contributed by atoms with van der Waals surface area (Å²) in [5.41, 5.74) is 3.47. The minimum atomic E-state index is -4.44. The van der Waals surface area contributed by atoms with E-state index < -0.39 is 17.6 Å². The van der Waals surface area contributed by atoms with Crippen LogP contribution in [0.3, 0.4) is 0 Å². The van der Waals surface area contributed by atoms with Gasteiger partial charge in [0.2, 0.25) is 0 Å². The molecule has 9 heteroatoms. The highest BCUT2D eigenvalue weighted by molar-refractivity contribution is 7.18. The normalized spacial score (nSPS) is 17.1. The van der Waals surface area contributed by atoms with E-state index in [0.29, 0.717) is 5.13 Å². The van der Waals surface area contributed by atoms with Crippen molar-refractivity contribution in [2.45, 2.75) is 24.6 Å². The van der Waals surface area contributed by atoms with E-state index in [0.717, 1.165) is 11.3 Å². The zero-order chi connectivity index (χ0) is 14.4.